The topological polar surface area (TPSA) is 92.4 Å². The van der Waals surface area contributed by atoms with Gasteiger partial charge in [-0.3, -0.25) is 4.79 Å². The monoisotopic (exact) mass is 214 g/mol. The summed E-state index contributed by atoms with van der Waals surface area (Å²) in [6, 6.07) is -0.758. The number of hydrogen-bond acceptors (Lipinski definition) is 3. The molecular weight excluding hydrogens is 196 g/mol. The Bertz CT molecular complexity index is 283. The van der Waals surface area contributed by atoms with Crippen LogP contribution in [0.5, 0.6) is 0 Å². The lowest BCUT2D eigenvalue weighted by atomic mass is 9.83. The predicted octanol–water partition coefficient (Wildman–Crippen LogP) is 0.585. The average Bonchev–Trinajstić information content (AvgIpc) is 2.75. The van der Waals surface area contributed by atoms with Crippen LogP contribution in [0.3, 0.4) is 0 Å². The molecule has 0 heterocycles. The van der Waals surface area contributed by atoms with Gasteiger partial charge in [0.05, 0.1) is 6.04 Å². The molecule has 1 fully saturated rings. The molecule has 0 aromatic rings. The summed E-state index contributed by atoms with van der Waals surface area (Å²) < 4.78 is 0. The summed E-state index contributed by atoms with van der Waals surface area (Å²) >= 11 is 0. The van der Waals surface area contributed by atoms with E-state index in [4.69, 9.17) is 10.8 Å². The molecule has 1 saturated carbocycles. The zero-order valence-corrected chi connectivity index (χ0v) is 9.28. The Morgan fingerprint density at radius 3 is 2.20 bits per heavy atom. The lowest BCUT2D eigenvalue weighted by Crippen LogP contribution is -2.49. The van der Waals surface area contributed by atoms with Crippen LogP contribution in [0.4, 0.5) is 4.79 Å². The van der Waals surface area contributed by atoms with Gasteiger partial charge in [-0.2, -0.15) is 0 Å². The van der Waals surface area contributed by atoms with Gasteiger partial charge in [0.25, 0.3) is 0 Å². The van der Waals surface area contributed by atoms with E-state index < -0.39 is 17.6 Å². The molecule has 5 nitrogen and oxygen atoms in total. The molecular formula is C10H18N2O3. The summed E-state index contributed by atoms with van der Waals surface area (Å²) in [5, 5.41) is 10.9. The van der Waals surface area contributed by atoms with Crippen molar-refractivity contribution in [3.05, 3.63) is 0 Å². The SMILES string of the molecule is CC(C)(C)C(NC(=O)O)C(=O)C1CC1N. The van der Waals surface area contributed by atoms with Crippen molar-refractivity contribution in [1.29, 1.82) is 0 Å². The predicted molar refractivity (Wildman–Crippen MR) is 55.5 cm³/mol. The van der Waals surface area contributed by atoms with Crippen molar-refractivity contribution in [2.45, 2.75) is 39.3 Å². The molecule has 0 aromatic carbocycles. The van der Waals surface area contributed by atoms with Gasteiger partial charge in [0.1, 0.15) is 0 Å². The van der Waals surface area contributed by atoms with Crippen molar-refractivity contribution in [1.82, 2.24) is 5.32 Å². The molecule has 1 amide bonds. The van der Waals surface area contributed by atoms with Crippen LogP contribution in [0.25, 0.3) is 0 Å². The molecule has 1 aliphatic carbocycles. The third-order valence-electron chi connectivity index (χ3n) is 2.62. The molecule has 1 rings (SSSR count). The number of hydrogen-bond donors (Lipinski definition) is 3. The normalized spacial score (nSPS) is 26.9. The van der Waals surface area contributed by atoms with Gasteiger partial charge < -0.3 is 16.2 Å². The van der Waals surface area contributed by atoms with E-state index in [0.29, 0.717) is 6.42 Å². The van der Waals surface area contributed by atoms with Crippen LogP contribution in [-0.4, -0.2) is 29.1 Å². The van der Waals surface area contributed by atoms with Crippen LogP contribution in [0, 0.1) is 11.3 Å². The molecule has 0 bridgehead atoms. The quantitative estimate of drug-likeness (QED) is 0.641. The molecule has 3 atom stereocenters. The van der Waals surface area contributed by atoms with Crippen molar-refractivity contribution >= 4 is 11.9 Å². The number of carbonyl (C=O) groups excluding carboxylic acids is 1. The largest absolute Gasteiger partial charge is 0.465 e. The Balaban J connectivity index is 2.72. The second-order valence-electron chi connectivity index (χ2n) is 5.16. The maximum Gasteiger partial charge on any atom is 0.405 e. The molecule has 15 heavy (non-hydrogen) atoms. The van der Waals surface area contributed by atoms with E-state index in [1.807, 2.05) is 20.8 Å². The number of carbonyl (C=O) groups is 2. The van der Waals surface area contributed by atoms with Gasteiger partial charge in [-0.1, -0.05) is 20.8 Å². The second-order valence-corrected chi connectivity index (χ2v) is 5.16. The first-order chi connectivity index (χ1) is 6.73. The minimum Gasteiger partial charge on any atom is -0.465 e. The highest BCUT2D eigenvalue weighted by molar-refractivity contribution is 5.92. The van der Waals surface area contributed by atoms with Gasteiger partial charge in [-0.15, -0.1) is 0 Å². The molecule has 0 aliphatic heterocycles. The summed E-state index contributed by atoms with van der Waals surface area (Å²) in [7, 11) is 0. The van der Waals surface area contributed by atoms with E-state index in [1.165, 1.54) is 0 Å². The Kier molecular flexibility index (Phi) is 3.04. The molecule has 0 saturated heterocycles. The number of amides is 1. The van der Waals surface area contributed by atoms with Gasteiger partial charge in [-0.05, 0) is 11.8 Å². The fraction of sp³-hybridized carbons (Fsp3) is 0.800. The molecule has 5 heteroatoms. The van der Waals surface area contributed by atoms with Crippen molar-refractivity contribution < 1.29 is 14.7 Å². The zero-order valence-electron chi connectivity index (χ0n) is 9.28. The van der Waals surface area contributed by atoms with Crippen molar-refractivity contribution in [2.75, 3.05) is 0 Å². The first-order valence-corrected chi connectivity index (χ1v) is 5.02. The molecule has 3 unspecified atom stereocenters. The second kappa shape index (κ2) is 3.81. The smallest absolute Gasteiger partial charge is 0.405 e. The van der Waals surface area contributed by atoms with Crippen LogP contribution < -0.4 is 11.1 Å². The lowest BCUT2D eigenvalue weighted by Gasteiger charge is -2.29. The molecule has 0 spiro atoms. The molecule has 4 N–H and O–H groups in total. The highest BCUT2D eigenvalue weighted by Crippen LogP contribution is 2.33. The number of ketones is 1. The highest BCUT2D eigenvalue weighted by atomic mass is 16.4. The Morgan fingerprint density at radius 2 is 1.93 bits per heavy atom. The minimum atomic E-state index is -1.17. The van der Waals surface area contributed by atoms with Gasteiger partial charge >= 0.3 is 6.09 Å². The number of nitrogens with one attached hydrogen (secondary N) is 1. The summed E-state index contributed by atoms with van der Waals surface area (Å²) in [6.07, 6.45) is -0.496. The summed E-state index contributed by atoms with van der Waals surface area (Å²) in [5.74, 6) is -0.251. The fourth-order valence-corrected chi connectivity index (χ4v) is 1.59. The molecule has 86 valence electrons. The van der Waals surface area contributed by atoms with Crippen LogP contribution >= 0.6 is 0 Å². The van der Waals surface area contributed by atoms with Crippen molar-refractivity contribution in [3.8, 4) is 0 Å². The van der Waals surface area contributed by atoms with Crippen LogP contribution in [0.15, 0.2) is 0 Å². The van der Waals surface area contributed by atoms with Gasteiger partial charge in [0.2, 0.25) is 0 Å². The third kappa shape index (κ3) is 2.92. The van der Waals surface area contributed by atoms with Crippen LogP contribution in [0.2, 0.25) is 0 Å². The summed E-state index contributed by atoms with van der Waals surface area (Å²) in [6.45, 7) is 5.50. The highest BCUT2D eigenvalue weighted by Gasteiger charge is 2.46. The van der Waals surface area contributed by atoms with E-state index in [-0.39, 0.29) is 17.7 Å². The van der Waals surface area contributed by atoms with E-state index in [2.05, 4.69) is 5.32 Å². The van der Waals surface area contributed by atoms with Crippen molar-refractivity contribution in [3.63, 3.8) is 0 Å². The Morgan fingerprint density at radius 1 is 1.47 bits per heavy atom. The van der Waals surface area contributed by atoms with Gasteiger partial charge in [0.15, 0.2) is 5.78 Å². The van der Waals surface area contributed by atoms with Gasteiger partial charge in [-0.25, -0.2) is 4.79 Å². The molecule has 1 aliphatic rings. The number of carboxylic acid groups (broad SMARTS) is 1. The average molecular weight is 214 g/mol. The van der Waals surface area contributed by atoms with Crippen molar-refractivity contribution in [2.24, 2.45) is 17.1 Å². The third-order valence-corrected chi connectivity index (χ3v) is 2.62. The summed E-state index contributed by atoms with van der Waals surface area (Å²) in [4.78, 5) is 22.5. The molecule has 0 radical (unpaired) electrons. The van der Waals surface area contributed by atoms with Crippen LogP contribution in [0.1, 0.15) is 27.2 Å². The van der Waals surface area contributed by atoms with E-state index in [0.717, 1.165) is 0 Å². The Hall–Kier alpha value is -1.10. The number of nitrogens with two attached hydrogens (primary N) is 1. The van der Waals surface area contributed by atoms with E-state index >= 15 is 0 Å². The zero-order chi connectivity index (χ0) is 11.8. The first kappa shape index (κ1) is 12.0. The maximum absolute atomic E-state index is 11.9. The van der Waals surface area contributed by atoms with Gasteiger partial charge in [0, 0.05) is 12.0 Å². The lowest BCUT2D eigenvalue weighted by molar-refractivity contribution is -0.124. The van der Waals surface area contributed by atoms with E-state index in [1.54, 1.807) is 0 Å². The standard InChI is InChI=1S/C10H18N2O3/c1-10(2,3)8(12-9(14)15)7(13)5-4-6(5)11/h5-6,8,12H,4,11H2,1-3H3,(H,14,15). The fourth-order valence-electron chi connectivity index (χ4n) is 1.59. The van der Waals surface area contributed by atoms with E-state index in [9.17, 15) is 9.59 Å². The first-order valence-electron chi connectivity index (χ1n) is 5.02. The number of Topliss-reactive ketones (excluding diaryl/α,β-unsaturated/α-hetero) is 1. The minimum absolute atomic E-state index is 0.0852. The molecule has 0 aromatic heterocycles. The summed E-state index contributed by atoms with van der Waals surface area (Å²) in [5.41, 5.74) is 5.16. The Labute approximate surface area is 89.0 Å². The number of rotatable bonds is 3. The van der Waals surface area contributed by atoms with Crippen LogP contribution in [-0.2, 0) is 4.79 Å². The maximum atomic E-state index is 11.9.